The minimum absolute atomic E-state index is 0.170. The molecule has 0 spiro atoms. The largest absolute Gasteiger partial charge is 0.507 e. The molecule has 0 heterocycles. The Morgan fingerprint density at radius 3 is 2.29 bits per heavy atom. The first kappa shape index (κ1) is 11.7. The molecule has 0 saturated carbocycles. The first-order valence-electron chi connectivity index (χ1n) is 4.73. The Kier molecular flexibility index (Phi) is 2.48. The van der Waals surface area contributed by atoms with Gasteiger partial charge in [0.1, 0.15) is 16.4 Å². The first-order valence-corrected chi connectivity index (χ1v) is 6.17. The van der Waals surface area contributed by atoms with E-state index in [1.165, 1.54) is 6.07 Å². The van der Waals surface area contributed by atoms with Crippen molar-refractivity contribution in [3.05, 3.63) is 29.8 Å². The Bertz CT molecular complexity index is 703. The van der Waals surface area contributed by atoms with Crippen LogP contribution in [0.5, 0.6) is 11.5 Å². The van der Waals surface area contributed by atoms with Crippen LogP contribution < -0.4 is 0 Å². The molecule has 17 heavy (non-hydrogen) atoms. The average Bonchev–Trinajstić information content (AvgIpc) is 2.21. The highest BCUT2D eigenvalue weighted by molar-refractivity contribution is 7.86. The van der Waals surface area contributed by atoms with Crippen LogP contribution in [-0.2, 0) is 10.1 Å². The van der Waals surface area contributed by atoms with E-state index in [9.17, 15) is 18.6 Å². The summed E-state index contributed by atoms with van der Waals surface area (Å²) in [5, 5.41) is 19.9. The summed E-state index contributed by atoms with van der Waals surface area (Å²) in [6.07, 6.45) is 0. The van der Waals surface area contributed by atoms with Crippen molar-refractivity contribution in [1.29, 1.82) is 0 Å². The zero-order valence-electron chi connectivity index (χ0n) is 8.88. The van der Waals surface area contributed by atoms with E-state index in [4.69, 9.17) is 4.55 Å². The van der Waals surface area contributed by atoms with Gasteiger partial charge in [-0.15, -0.1) is 0 Å². The van der Waals surface area contributed by atoms with Crippen molar-refractivity contribution in [2.24, 2.45) is 0 Å². The van der Waals surface area contributed by atoms with Crippen LogP contribution in [0.1, 0.15) is 5.56 Å². The summed E-state index contributed by atoms with van der Waals surface area (Å²) in [5.74, 6) is -0.880. The fourth-order valence-corrected chi connectivity index (χ4v) is 2.29. The Balaban J connectivity index is 2.96. The normalized spacial score (nSPS) is 11.9. The number of fused-ring (bicyclic) bond motifs is 1. The van der Waals surface area contributed by atoms with E-state index < -0.39 is 20.8 Å². The molecule has 0 fully saturated rings. The van der Waals surface area contributed by atoms with Gasteiger partial charge in [0.15, 0.2) is 0 Å². The van der Waals surface area contributed by atoms with Crippen LogP contribution in [0.25, 0.3) is 10.8 Å². The van der Waals surface area contributed by atoms with Crippen LogP contribution in [0.15, 0.2) is 29.2 Å². The van der Waals surface area contributed by atoms with E-state index in [-0.39, 0.29) is 11.1 Å². The summed E-state index contributed by atoms with van der Waals surface area (Å²) in [6, 6.07) is 5.58. The number of hydrogen-bond acceptors (Lipinski definition) is 4. The zero-order chi connectivity index (χ0) is 12.8. The summed E-state index contributed by atoms with van der Waals surface area (Å²) in [7, 11) is -4.57. The molecule has 0 saturated heterocycles. The summed E-state index contributed by atoms with van der Waals surface area (Å²) < 4.78 is 30.9. The third kappa shape index (κ3) is 1.92. The van der Waals surface area contributed by atoms with E-state index in [1.54, 1.807) is 19.1 Å². The summed E-state index contributed by atoms with van der Waals surface area (Å²) in [6.45, 7) is 1.80. The fraction of sp³-hybridized carbons (Fsp3) is 0.0909. The van der Waals surface area contributed by atoms with Gasteiger partial charge in [-0.2, -0.15) is 8.42 Å². The average molecular weight is 254 g/mol. The number of hydrogen-bond donors (Lipinski definition) is 3. The van der Waals surface area contributed by atoms with Gasteiger partial charge in [0.2, 0.25) is 0 Å². The van der Waals surface area contributed by atoms with Crippen LogP contribution in [-0.4, -0.2) is 23.2 Å². The van der Waals surface area contributed by atoms with Crippen LogP contribution in [0.4, 0.5) is 0 Å². The van der Waals surface area contributed by atoms with Gasteiger partial charge in [0.25, 0.3) is 10.1 Å². The van der Waals surface area contributed by atoms with Gasteiger partial charge < -0.3 is 10.2 Å². The Morgan fingerprint density at radius 1 is 1.06 bits per heavy atom. The number of phenolic OH excluding ortho intramolecular Hbond substituents is 2. The van der Waals surface area contributed by atoms with Crippen molar-refractivity contribution < 1.29 is 23.2 Å². The molecule has 0 bridgehead atoms. The number of rotatable bonds is 1. The number of benzene rings is 2. The molecule has 2 rings (SSSR count). The lowest BCUT2D eigenvalue weighted by Crippen LogP contribution is -1.99. The minimum atomic E-state index is -4.57. The second-order valence-corrected chi connectivity index (χ2v) is 5.16. The van der Waals surface area contributed by atoms with E-state index >= 15 is 0 Å². The van der Waals surface area contributed by atoms with Crippen molar-refractivity contribution in [1.82, 2.24) is 0 Å². The monoisotopic (exact) mass is 254 g/mol. The zero-order valence-corrected chi connectivity index (χ0v) is 9.69. The van der Waals surface area contributed by atoms with Crippen molar-refractivity contribution in [2.45, 2.75) is 11.8 Å². The predicted octanol–water partition coefficient (Wildman–Crippen LogP) is 1.81. The molecule has 2 aromatic carbocycles. The fourth-order valence-electron chi connectivity index (χ4n) is 1.68. The Morgan fingerprint density at radius 2 is 1.71 bits per heavy atom. The van der Waals surface area contributed by atoms with E-state index in [0.29, 0.717) is 5.39 Å². The maximum atomic E-state index is 11.0. The smallest absolute Gasteiger partial charge is 0.298 e. The third-order valence-corrected chi connectivity index (χ3v) is 3.35. The van der Waals surface area contributed by atoms with Gasteiger partial charge in [0, 0.05) is 16.8 Å². The standard InChI is InChI=1S/C11H10O5S/c1-6-2-3-7-8(4-6)9(12)5-10(11(7)13)17(14,15)16/h2-5,12-13H,1H3,(H,14,15,16). The minimum Gasteiger partial charge on any atom is -0.507 e. The second kappa shape index (κ2) is 3.61. The lowest BCUT2D eigenvalue weighted by molar-refractivity contribution is 0.440. The molecule has 0 atom stereocenters. The van der Waals surface area contributed by atoms with Crippen LogP contribution in [0.3, 0.4) is 0 Å². The molecule has 90 valence electrons. The SMILES string of the molecule is Cc1ccc2c(O)c(S(=O)(=O)O)cc(O)c2c1. The molecular formula is C11H10O5S. The second-order valence-electron chi connectivity index (χ2n) is 3.77. The van der Waals surface area contributed by atoms with Gasteiger partial charge >= 0.3 is 0 Å². The topological polar surface area (TPSA) is 94.8 Å². The maximum absolute atomic E-state index is 11.0. The number of phenols is 2. The molecule has 3 N–H and O–H groups in total. The predicted molar refractivity (Wildman–Crippen MR) is 61.8 cm³/mol. The first-order chi connectivity index (χ1) is 7.80. The van der Waals surface area contributed by atoms with Gasteiger partial charge in [-0.25, -0.2) is 0 Å². The lowest BCUT2D eigenvalue weighted by atomic mass is 10.1. The molecule has 0 aliphatic rings. The Labute approximate surface area is 97.7 Å². The van der Waals surface area contributed by atoms with Crippen molar-refractivity contribution >= 4 is 20.9 Å². The van der Waals surface area contributed by atoms with Gasteiger partial charge in [-0.05, 0) is 13.0 Å². The van der Waals surface area contributed by atoms with Crippen LogP contribution in [0, 0.1) is 6.92 Å². The van der Waals surface area contributed by atoms with E-state index in [1.807, 2.05) is 0 Å². The van der Waals surface area contributed by atoms with E-state index in [0.717, 1.165) is 11.6 Å². The maximum Gasteiger partial charge on any atom is 0.298 e. The molecule has 0 aliphatic heterocycles. The summed E-state index contributed by atoms with van der Waals surface area (Å²) >= 11 is 0. The molecular weight excluding hydrogens is 244 g/mol. The molecule has 0 aromatic heterocycles. The molecule has 0 unspecified atom stereocenters. The highest BCUT2D eigenvalue weighted by Crippen LogP contribution is 2.37. The molecule has 0 amide bonds. The molecule has 2 aromatic rings. The highest BCUT2D eigenvalue weighted by Gasteiger charge is 2.20. The quantitative estimate of drug-likeness (QED) is 0.533. The number of aryl methyl sites for hydroxylation is 1. The molecule has 0 radical (unpaired) electrons. The lowest BCUT2D eigenvalue weighted by Gasteiger charge is -2.08. The van der Waals surface area contributed by atoms with E-state index in [2.05, 4.69) is 0 Å². The Hall–Kier alpha value is -1.79. The summed E-state index contributed by atoms with van der Waals surface area (Å²) in [5.41, 5.74) is 0.854. The van der Waals surface area contributed by atoms with Crippen molar-refractivity contribution in [2.75, 3.05) is 0 Å². The summed E-state index contributed by atoms with van der Waals surface area (Å²) in [4.78, 5) is -0.702. The van der Waals surface area contributed by atoms with Crippen LogP contribution >= 0.6 is 0 Å². The van der Waals surface area contributed by atoms with Gasteiger partial charge in [-0.3, -0.25) is 4.55 Å². The highest BCUT2D eigenvalue weighted by atomic mass is 32.2. The van der Waals surface area contributed by atoms with Crippen LogP contribution in [0.2, 0.25) is 0 Å². The number of aromatic hydroxyl groups is 2. The third-order valence-electron chi connectivity index (χ3n) is 2.49. The van der Waals surface area contributed by atoms with Crippen molar-refractivity contribution in [3.8, 4) is 11.5 Å². The van der Waals surface area contributed by atoms with Gasteiger partial charge in [0.05, 0.1) is 0 Å². The van der Waals surface area contributed by atoms with Gasteiger partial charge in [-0.1, -0.05) is 17.7 Å². The molecule has 0 aliphatic carbocycles. The molecule has 6 heteroatoms. The van der Waals surface area contributed by atoms with Crippen molar-refractivity contribution in [3.63, 3.8) is 0 Å². The molecule has 5 nitrogen and oxygen atoms in total.